The number of nitrogens with zero attached hydrogens (tertiary/aromatic N) is 4. The second kappa shape index (κ2) is 5.43. The van der Waals surface area contributed by atoms with Crippen LogP contribution >= 0.6 is 0 Å². The monoisotopic (exact) mass is 335 g/mol. The molecule has 0 saturated carbocycles. The molecule has 2 N–H and O–H groups in total. The highest BCUT2D eigenvalue weighted by molar-refractivity contribution is 7.88. The number of rotatable bonds is 2. The summed E-state index contributed by atoms with van der Waals surface area (Å²) >= 11 is 0. The SMILES string of the molecule is Cc1nn(C(=O)c2cncc3c2CCN(S(C)(=O)=O)C3)cc1N. The highest BCUT2D eigenvalue weighted by atomic mass is 32.2. The summed E-state index contributed by atoms with van der Waals surface area (Å²) in [6, 6.07) is 0. The number of carbonyl (C=O) groups is 1. The highest BCUT2D eigenvalue weighted by Crippen LogP contribution is 2.24. The molecule has 2 aromatic heterocycles. The fraction of sp³-hybridized carbons (Fsp3) is 0.357. The van der Waals surface area contributed by atoms with Gasteiger partial charge in [-0.1, -0.05) is 0 Å². The lowest BCUT2D eigenvalue weighted by Crippen LogP contribution is -2.36. The summed E-state index contributed by atoms with van der Waals surface area (Å²) in [7, 11) is -3.27. The molecule has 0 aliphatic carbocycles. The van der Waals surface area contributed by atoms with Crippen LogP contribution in [0.15, 0.2) is 18.6 Å². The minimum atomic E-state index is -3.27. The van der Waals surface area contributed by atoms with Gasteiger partial charge < -0.3 is 5.73 Å². The number of carbonyl (C=O) groups excluding carboxylic acids is 1. The van der Waals surface area contributed by atoms with Gasteiger partial charge in [-0.15, -0.1) is 0 Å². The molecule has 0 radical (unpaired) electrons. The second-order valence-electron chi connectivity index (χ2n) is 5.59. The van der Waals surface area contributed by atoms with Crippen molar-refractivity contribution < 1.29 is 13.2 Å². The fourth-order valence-electron chi connectivity index (χ4n) is 2.64. The Morgan fingerprint density at radius 1 is 1.35 bits per heavy atom. The largest absolute Gasteiger partial charge is 0.396 e. The lowest BCUT2D eigenvalue weighted by molar-refractivity contribution is 0.0943. The van der Waals surface area contributed by atoms with E-state index in [-0.39, 0.29) is 12.5 Å². The molecular weight excluding hydrogens is 318 g/mol. The van der Waals surface area contributed by atoms with Crippen LogP contribution in [0.4, 0.5) is 5.69 Å². The normalized spacial score (nSPS) is 15.4. The van der Waals surface area contributed by atoms with Crippen molar-refractivity contribution in [2.45, 2.75) is 19.9 Å². The number of pyridine rings is 1. The zero-order chi connectivity index (χ0) is 16.8. The molecule has 9 heteroatoms. The maximum atomic E-state index is 12.6. The van der Waals surface area contributed by atoms with Crippen molar-refractivity contribution in [2.24, 2.45) is 0 Å². The van der Waals surface area contributed by atoms with Crippen LogP contribution in [0.1, 0.15) is 27.2 Å². The molecule has 0 fully saturated rings. The van der Waals surface area contributed by atoms with Crippen molar-refractivity contribution in [1.29, 1.82) is 0 Å². The Morgan fingerprint density at radius 2 is 2.09 bits per heavy atom. The van der Waals surface area contributed by atoms with Crippen LogP contribution in [0.3, 0.4) is 0 Å². The Bertz CT molecular complexity index is 868. The third-order valence-corrected chi connectivity index (χ3v) is 5.20. The van der Waals surface area contributed by atoms with Gasteiger partial charge in [-0.25, -0.2) is 13.1 Å². The average molecular weight is 335 g/mol. The van der Waals surface area contributed by atoms with E-state index >= 15 is 0 Å². The molecule has 1 aliphatic heterocycles. The predicted molar refractivity (Wildman–Crippen MR) is 84.3 cm³/mol. The third-order valence-electron chi connectivity index (χ3n) is 3.95. The van der Waals surface area contributed by atoms with Crippen LogP contribution in [-0.2, 0) is 23.0 Å². The number of hydrogen-bond acceptors (Lipinski definition) is 6. The van der Waals surface area contributed by atoms with E-state index in [0.29, 0.717) is 29.9 Å². The van der Waals surface area contributed by atoms with Crippen molar-refractivity contribution in [1.82, 2.24) is 19.1 Å². The maximum Gasteiger partial charge on any atom is 0.280 e. The van der Waals surface area contributed by atoms with Crippen LogP contribution in [0, 0.1) is 6.92 Å². The van der Waals surface area contributed by atoms with E-state index < -0.39 is 10.0 Å². The van der Waals surface area contributed by atoms with E-state index in [1.54, 1.807) is 13.1 Å². The van der Waals surface area contributed by atoms with Crippen LogP contribution < -0.4 is 5.73 Å². The molecule has 0 amide bonds. The molecule has 0 bridgehead atoms. The van der Waals surface area contributed by atoms with Gasteiger partial charge in [-0.3, -0.25) is 9.78 Å². The molecule has 3 rings (SSSR count). The minimum absolute atomic E-state index is 0.225. The van der Waals surface area contributed by atoms with Gasteiger partial charge in [0.2, 0.25) is 10.0 Å². The molecule has 0 atom stereocenters. The molecule has 23 heavy (non-hydrogen) atoms. The highest BCUT2D eigenvalue weighted by Gasteiger charge is 2.27. The van der Waals surface area contributed by atoms with Crippen molar-refractivity contribution in [2.75, 3.05) is 18.5 Å². The van der Waals surface area contributed by atoms with Crippen molar-refractivity contribution >= 4 is 21.6 Å². The van der Waals surface area contributed by atoms with E-state index in [4.69, 9.17) is 5.73 Å². The minimum Gasteiger partial charge on any atom is -0.396 e. The van der Waals surface area contributed by atoms with Crippen molar-refractivity contribution in [3.63, 3.8) is 0 Å². The lowest BCUT2D eigenvalue weighted by atomic mass is 9.98. The first-order valence-corrected chi connectivity index (χ1v) is 8.89. The van der Waals surface area contributed by atoms with E-state index in [1.165, 1.54) is 27.6 Å². The van der Waals surface area contributed by atoms with Gasteiger partial charge in [-0.05, 0) is 24.5 Å². The summed E-state index contributed by atoms with van der Waals surface area (Å²) in [6.45, 7) is 2.29. The second-order valence-corrected chi connectivity index (χ2v) is 7.57. The Balaban J connectivity index is 1.99. The summed E-state index contributed by atoms with van der Waals surface area (Å²) in [5.41, 5.74) is 8.75. The first-order valence-electron chi connectivity index (χ1n) is 7.04. The molecule has 3 heterocycles. The Morgan fingerprint density at radius 3 is 2.70 bits per heavy atom. The first-order chi connectivity index (χ1) is 10.8. The van der Waals surface area contributed by atoms with Crippen LogP contribution in [0.5, 0.6) is 0 Å². The Hall–Kier alpha value is -2.26. The van der Waals surface area contributed by atoms with Gasteiger partial charge in [0.05, 0.1) is 29.4 Å². The molecule has 0 unspecified atom stereocenters. The molecule has 0 spiro atoms. The number of fused-ring (bicyclic) bond motifs is 1. The number of aromatic nitrogens is 3. The summed E-state index contributed by atoms with van der Waals surface area (Å²) in [5.74, 6) is -0.318. The molecule has 122 valence electrons. The van der Waals surface area contributed by atoms with E-state index in [0.717, 1.165) is 11.1 Å². The number of nitrogen functional groups attached to an aromatic ring is 1. The fourth-order valence-corrected chi connectivity index (χ4v) is 3.43. The molecule has 1 aliphatic rings. The van der Waals surface area contributed by atoms with Gasteiger partial charge in [0.15, 0.2) is 0 Å². The van der Waals surface area contributed by atoms with Gasteiger partial charge in [-0.2, -0.15) is 9.40 Å². The number of nitrogens with two attached hydrogens (primary N) is 1. The van der Waals surface area contributed by atoms with Gasteiger partial charge in [0.25, 0.3) is 5.91 Å². The van der Waals surface area contributed by atoms with E-state index in [1.807, 2.05) is 0 Å². The number of aryl methyl sites for hydroxylation is 1. The topological polar surface area (TPSA) is 111 Å². The smallest absolute Gasteiger partial charge is 0.280 e. The molecule has 0 aromatic carbocycles. The summed E-state index contributed by atoms with van der Waals surface area (Å²) < 4.78 is 25.9. The van der Waals surface area contributed by atoms with Gasteiger partial charge in [0.1, 0.15) is 0 Å². The van der Waals surface area contributed by atoms with Crippen LogP contribution in [-0.4, -0.2) is 46.2 Å². The predicted octanol–water partition coefficient (Wildman–Crippen LogP) is 0.175. The maximum absolute atomic E-state index is 12.6. The van der Waals surface area contributed by atoms with Crippen molar-refractivity contribution in [3.8, 4) is 0 Å². The number of hydrogen-bond donors (Lipinski definition) is 1. The van der Waals surface area contributed by atoms with Crippen molar-refractivity contribution in [3.05, 3.63) is 41.0 Å². The van der Waals surface area contributed by atoms with E-state index in [9.17, 15) is 13.2 Å². The van der Waals surface area contributed by atoms with Gasteiger partial charge >= 0.3 is 0 Å². The molecule has 2 aromatic rings. The first kappa shape index (κ1) is 15.6. The Labute approximate surface area is 134 Å². The third kappa shape index (κ3) is 2.84. The molecular formula is C14H17N5O3S. The quantitative estimate of drug-likeness (QED) is 0.838. The van der Waals surface area contributed by atoms with Crippen LogP contribution in [0.2, 0.25) is 0 Å². The van der Waals surface area contributed by atoms with E-state index in [2.05, 4.69) is 10.1 Å². The number of anilines is 1. The molecule has 8 nitrogen and oxygen atoms in total. The zero-order valence-corrected chi connectivity index (χ0v) is 13.7. The molecule has 0 saturated heterocycles. The number of sulfonamides is 1. The average Bonchev–Trinajstić information content (AvgIpc) is 2.84. The summed E-state index contributed by atoms with van der Waals surface area (Å²) in [4.78, 5) is 16.7. The summed E-state index contributed by atoms with van der Waals surface area (Å²) in [6.07, 6.45) is 6.21. The van der Waals surface area contributed by atoms with Crippen LogP contribution in [0.25, 0.3) is 0 Å². The zero-order valence-electron chi connectivity index (χ0n) is 12.9. The van der Waals surface area contributed by atoms with Gasteiger partial charge in [0, 0.05) is 25.5 Å². The Kier molecular flexibility index (Phi) is 3.69. The summed E-state index contributed by atoms with van der Waals surface area (Å²) in [5, 5.41) is 4.10. The lowest BCUT2D eigenvalue weighted by Gasteiger charge is -2.27. The standard InChI is InChI=1S/C14H17N5O3S/c1-9-13(15)8-19(17-9)14(20)12-6-16-5-10-7-18(23(2,21)22)4-3-11(10)12/h5-6,8H,3-4,7,15H2,1-2H3.